The summed E-state index contributed by atoms with van der Waals surface area (Å²) in [5.41, 5.74) is 1.62. The molecule has 0 saturated carbocycles. The summed E-state index contributed by atoms with van der Waals surface area (Å²) >= 11 is 3.39. The number of hydrogen-bond acceptors (Lipinski definition) is 1. The topological polar surface area (TPSA) is 12.5 Å². The minimum Gasteiger partial charge on any atom is -0.367 e. The average molecular weight is 233 g/mol. The molecule has 1 aliphatic heterocycles. The van der Waals surface area contributed by atoms with Gasteiger partial charge in [-0.15, -0.1) is 0 Å². The minimum absolute atomic E-state index is 0.161. The Bertz CT molecular complexity index is 184. The van der Waals surface area contributed by atoms with Crippen molar-refractivity contribution in [2.24, 2.45) is 0 Å². The Morgan fingerprint density at radius 1 is 1.58 bits per heavy atom. The van der Waals surface area contributed by atoms with Crippen molar-refractivity contribution in [1.82, 2.24) is 0 Å². The summed E-state index contributed by atoms with van der Waals surface area (Å²) in [6.45, 7) is 6.49. The van der Waals surface area contributed by atoms with Gasteiger partial charge in [0, 0.05) is 5.33 Å². The molecule has 1 heterocycles. The first-order valence-corrected chi connectivity index (χ1v) is 5.58. The van der Waals surface area contributed by atoms with E-state index < -0.39 is 0 Å². The maximum absolute atomic E-state index is 5.49. The van der Waals surface area contributed by atoms with E-state index in [9.17, 15) is 0 Å². The normalized spacial score (nSPS) is 27.3. The standard InChI is InChI=1S/C10H17BrO/c1-8(6-7-11)4-5-9-10(2,3)12-9/h6,9H,4-5,7H2,1-3H3/b8-6+/t9-/m1/s1. The van der Waals surface area contributed by atoms with Crippen LogP contribution in [0.5, 0.6) is 0 Å². The van der Waals surface area contributed by atoms with Crippen LogP contribution in [0.3, 0.4) is 0 Å². The van der Waals surface area contributed by atoms with E-state index in [4.69, 9.17) is 4.74 Å². The quantitative estimate of drug-likeness (QED) is 0.412. The highest BCUT2D eigenvalue weighted by Crippen LogP contribution is 2.38. The molecule has 0 amide bonds. The fourth-order valence-electron chi connectivity index (χ4n) is 1.33. The van der Waals surface area contributed by atoms with Crippen molar-refractivity contribution >= 4 is 15.9 Å². The maximum Gasteiger partial charge on any atom is 0.0892 e. The van der Waals surface area contributed by atoms with Gasteiger partial charge in [0.2, 0.25) is 0 Å². The number of alkyl halides is 1. The van der Waals surface area contributed by atoms with Gasteiger partial charge in [-0.05, 0) is 33.6 Å². The minimum atomic E-state index is 0.161. The van der Waals surface area contributed by atoms with Crippen LogP contribution in [0.2, 0.25) is 0 Å². The third-order valence-corrected chi connectivity index (χ3v) is 2.71. The van der Waals surface area contributed by atoms with Crippen molar-refractivity contribution in [3.63, 3.8) is 0 Å². The molecule has 1 saturated heterocycles. The molecule has 1 aliphatic rings. The maximum atomic E-state index is 5.49. The molecule has 0 aromatic carbocycles. The largest absolute Gasteiger partial charge is 0.367 e. The lowest BCUT2D eigenvalue weighted by atomic mass is 10.0. The molecule has 12 heavy (non-hydrogen) atoms. The molecular weight excluding hydrogens is 216 g/mol. The molecule has 0 aliphatic carbocycles. The molecule has 1 rings (SSSR count). The van der Waals surface area contributed by atoms with Gasteiger partial charge >= 0.3 is 0 Å². The van der Waals surface area contributed by atoms with E-state index in [1.807, 2.05) is 0 Å². The molecule has 0 unspecified atom stereocenters. The van der Waals surface area contributed by atoms with E-state index in [1.54, 1.807) is 0 Å². The van der Waals surface area contributed by atoms with Gasteiger partial charge in [0.05, 0.1) is 11.7 Å². The zero-order valence-corrected chi connectivity index (χ0v) is 9.65. The fourth-order valence-corrected chi connectivity index (χ4v) is 1.88. The van der Waals surface area contributed by atoms with Crippen LogP contribution >= 0.6 is 15.9 Å². The third-order valence-electron chi connectivity index (χ3n) is 2.39. The molecule has 1 fully saturated rings. The van der Waals surface area contributed by atoms with Crippen LogP contribution in [-0.4, -0.2) is 17.0 Å². The summed E-state index contributed by atoms with van der Waals surface area (Å²) in [4.78, 5) is 0. The molecule has 1 nitrogen and oxygen atoms in total. The van der Waals surface area contributed by atoms with Crippen LogP contribution < -0.4 is 0 Å². The molecule has 0 bridgehead atoms. The lowest BCUT2D eigenvalue weighted by Gasteiger charge is -1.98. The van der Waals surface area contributed by atoms with Crippen molar-refractivity contribution in [2.75, 3.05) is 5.33 Å². The fraction of sp³-hybridized carbons (Fsp3) is 0.800. The summed E-state index contributed by atoms with van der Waals surface area (Å²) in [6.07, 6.45) is 5.05. The molecule has 1 atom stereocenters. The molecule has 0 radical (unpaired) electrons. The third kappa shape index (κ3) is 2.91. The van der Waals surface area contributed by atoms with E-state index in [0.717, 1.165) is 5.33 Å². The highest BCUT2D eigenvalue weighted by Gasteiger charge is 2.46. The van der Waals surface area contributed by atoms with Crippen molar-refractivity contribution in [1.29, 1.82) is 0 Å². The predicted octanol–water partition coefficient (Wildman–Crippen LogP) is 3.29. The van der Waals surface area contributed by atoms with Crippen molar-refractivity contribution in [3.8, 4) is 0 Å². The number of ether oxygens (including phenoxy) is 1. The molecule has 0 spiro atoms. The van der Waals surface area contributed by atoms with E-state index >= 15 is 0 Å². The van der Waals surface area contributed by atoms with Crippen molar-refractivity contribution in [3.05, 3.63) is 11.6 Å². The van der Waals surface area contributed by atoms with Gasteiger partial charge in [0.1, 0.15) is 0 Å². The monoisotopic (exact) mass is 232 g/mol. The summed E-state index contributed by atoms with van der Waals surface area (Å²) in [5.74, 6) is 0. The Kier molecular flexibility index (Phi) is 3.36. The molecule has 0 aromatic rings. The van der Waals surface area contributed by atoms with Crippen LogP contribution in [-0.2, 0) is 4.74 Å². The van der Waals surface area contributed by atoms with Crippen molar-refractivity contribution in [2.45, 2.75) is 45.3 Å². The van der Waals surface area contributed by atoms with Crippen LogP contribution in [0.25, 0.3) is 0 Å². The highest BCUT2D eigenvalue weighted by atomic mass is 79.9. The molecule has 2 heteroatoms. The second-order valence-corrected chi connectivity index (χ2v) is 4.60. The lowest BCUT2D eigenvalue weighted by molar-refractivity contribution is 0.320. The molecule has 0 N–H and O–H groups in total. The van der Waals surface area contributed by atoms with Crippen LogP contribution in [0.15, 0.2) is 11.6 Å². The Balaban J connectivity index is 2.15. The summed E-state index contributed by atoms with van der Waals surface area (Å²) in [6, 6.07) is 0. The lowest BCUT2D eigenvalue weighted by Crippen LogP contribution is -2.02. The second kappa shape index (κ2) is 3.93. The molecular formula is C10H17BrO. The van der Waals surface area contributed by atoms with Crippen LogP contribution in [0.1, 0.15) is 33.6 Å². The molecule has 70 valence electrons. The van der Waals surface area contributed by atoms with Gasteiger partial charge in [-0.3, -0.25) is 0 Å². The Morgan fingerprint density at radius 2 is 2.17 bits per heavy atom. The smallest absolute Gasteiger partial charge is 0.0892 e. The summed E-state index contributed by atoms with van der Waals surface area (Å²) < 4.78 is 5.49. The first kappa shape index (κ1) is 10.3. The number of allylic oxidation sites excluding steroid dienone is 2. The predicted molar refractivity (Wildman–Crippen MR) is 55.7 cm³/mol. The van der Waals surface area contributed by atoms with Crippen molar-refractivity contribution < 1.29 is 4.74 Å². The van der Waals surface area contributed by atoms with E-state index in [0.29, 0.717) is 6.10 Å². The highest BCUT2D eigenvalue weighted by molar-refractivity contribution is 9.09. The Labute approximate surface area is 83.3 Å². The van der Waals surface area contributed by atoms with Crippen LogP contribution in [0.4, 0.5) is 0 Å². The zero-order valence-electron chi connectivity index (χ0n) is 8.06. The van der Waals surface area contributed by atoms with Gasteiger partial charge in [-0.25, -0.2) is 0 Å². The Morgan fingerprint density at radius 3 is 2.58 bits per heavy atom. The number of rotatable bonds is 4. The van der Waals surface area contributed by atoms with Gasteiger partial charge < -0.3 is 4.74 Å². The van der Waals surface area contributed by atoms with E-state index in [-0.39, 0.29) is 5.60 Å². The van der Waals surface area contributed by atoms with E-state index in [2.05, 4.69) is 42.8 Å². The van der Waals surface area contributed by atoms with Gasteiger partial charge in [0.15, 0.2) is 0 Å². The number of epoxide rings is 1. The first-order valence-electron chi connectivity index (χ1n) is 4.45. The number of hydrogen-bond donors (Lipinski definition) is 0. The summed E-state index contributed by atoms with van der Waals surface area (Å²) in [7, 11) is 0. The van der Waals surface area contributed by atoms with Gasteiger partial charge in [-0.2, -0.15) is 0 Å². The second-order valence-electron chi connectivity index (χ2n) is 3.95. The number of halogens is 1. The average Bonchev–Trinajstić information content (AvgIpc) is 2.56. The van der Waals surface area contributed by atoms with Gasteiger partial charge in [0.25, 0.3) is 0 Å². The Hall–Kier alpha value is 0.180. The van der Waals surface area contributed by atoms with Gasteiger partial charge in [-0.1, -0.05) is 27.6 Å². The van der Waals surface area contributed by atoms with Crippen LogP contribution in [0, 0.1) is 0 Å². The summed E-state index contributed by atoms with van der Waals surface area (Å²) in [5, 5.41) is 0.966. The molecule has 0 aromatic heterocycles. The SMILES string of the molecule is C/C(=C\CBr)CC[C@H]1OC1(C)C. The zero-order chi connectivity index (χ0) is 9.19. The van der Waals surface area contributed by atoms with E-state index in [1.165, 1.54) is 18.4 Å². The first-order chi connectivity index (χ1) is 5.56.